The first-order valence-electron chi connectivity index (χ1n) is 8.23. The Balaban J connectivity index is 1.65. The number of benzene rings is 2. The molecule has 2 aromatic carbocycles. The zero-order valence-electron chi connectivity index (χ0n) is 14.2. The molecule has 0 aliphatic heterocycles. The highest BCUT2D eigenvalue weighted by atomic mass is 16.5. The number of aromatic nitrogens is 2. The van der Waals surface area contributed by atoms with Gasteiger partial charge < -0.3 is 4.74 Å². The molecule has 24 heavy (non-hydrogen) atoms. The van der Waals surface area contributed by atoms with Crippen LogP contribution < -0.4 is 4.74 Å². The van der Waals surface area contributed by atoms with Crippen molar-refractivity contribution in [2.75, 3.05) is 0 Å². The van der Waals surface area contributed by atoms with Crippen molar-refractivity contribution in [1.82, 2.24) is 9.97 Å². The van der Waals surface area contributed by atoms with Crippen molar-refractivity contribution >= 4 is 0 Å². The number of hydrogen-bond acceptors (Lipinski definition) is 3. The van der Waals surface area contributed by atoms with Crippen molar-refractivity contribution in [3.8, 4) is 22.9 Å². The predicted octanol–water partition coefficient (Wildman–Crippen LogP) is 5.14. The van der Waals surface area contributed by atoms with E-state index in [1.165, 1.54) is 22.3 Å². The highest BCUT2D eigenvalue weighted by molar-refractivity contribution is 5.79. The third-order valence-corrected chi connectivity index (χ3v) is 4.50. The average Bonchev–Trinajstić information content (AvgIpc) is 2.94. The topological polar surface area (TPSA) is 35.0 Å². The molecule has 0 fully saturated rings. The molecule has 0 N–H and O–H groups in total. The normalized spacial score (nSPS) is 12.6. The lowest BCUT2D eigenvalue weighted by Crippen LogP contribution is -2.12. The van der Waals surface area contributed by atoms with Gasteiger partial charge in [0.25, 0.3) is 0 Å². The van der Waals surface area contributed by atoms with Gasteiger partial charge >= 0.3 is 6.01 Å². The minimum atomic E-state index is 0.0359. The van der Waals surface area contributed by atoms with Crippen LogP contribution in [0, 0.1) is 0 Å². The van der Waals surface area contributed by atoms with E-state index < -0.39 is 0 Å². The van der Waals surface area contributed by atoms with Crippen LogP contribution in [0.1, 0.15) is 37.5 Å². The predicted molar refractivity (Wildman–Crippen MR) is 95.5 cm³/mol. The number of nitrogens with zero attached hydrogens (tertiary/aromatic N) is 2. The van der Waals surface area contributed by atoms with Crippen LogP contribution >= 0.6 is 0 Å². The largest absolute Gasteiger partial charge is 0.424 e. The minimum Gasteiger partial charge on any atom is -0.424 e. The van der Waals surface area contributed by atoms with Crippen LogP contribution in [0.25, 0.3) is 11.1 Å². The molecule has 1 aliphatic rings. The minimum absolute atomic E-state index is 0.0359. The van der Waals surface area contributed by atoms with E-state index in [-0.39, 0.29) is 5.41 Å². The van der Waals surface area contributed by atoms with Crippen molar-refractivity contribution in [2.24, 2.45) is 0 Å². The van der Waals surface area contributed by atoms with Crippen molar-refractivity contribution < 1.29 is 4.74 Å². The van der Waals surface area contributed by atoms with E-state index >= 15 is 0 Å². The molecule has 1 heterocycles. The Morgan fingerprint density at radius 3 is 2.33 bits per heavy atom. The third kappa shape index (κ3) is 2.56. The molecular formula is C21H20N2O. The summed E-state index contributed by atoms with van der Waals surface area (Å²) in [5, 5.41) is 0. The van der Waals surface area contributed by atoms with Crippen LogP contribution in [0.15, 0.2) is 54.9 Å². The third-order valence-electron chi connectivity index (χ3n) is 4.50. The van der Waals surface area contributed by atoms with E-state index in [1.54, 1.807) is 0 Å². The quantitative estimate of drug-likeness (QED) is 0.514. The van der Waals surface area contributed by atoms with E-state index in [4.69, 9.17) is 4.74 Å². The summed E-state index contributed by atoms with van der Waals surface area (Å²) in [6.45, 7) is 6.44. The van der Waals surface area contributed by atoms with Crippen molar-refractivity contribution in [3.63, 3.8) is 0 Å². The fraction of sp³-hybridized carbons (Fsp3) is 0.238. The van der Waals surface area contributed by atoms with Gasteiger partial charge in [-0.1, -0.05) is 57.2 Å². The van der Waals surface area contributed by atoms with Gasteiger partial charge in [-0.25, -0.2) is 9.97 Å². The molecule has 0 spiro atoms. The molecule has 0 atom stereocenters. The Bertz CT molecular complexity index is 892. The molecule has 0 unspecified atom stereocenters. The number of rotatable bonds is 2. The number of fused-ring (bicyclic) bond motifs is 3. The van der Waals surface area contributed by atoms with Gasteiger partial charge in [0.15, 0.2) is 0 Å². The lowest BCUT2D eigenvalue weighted by Gasteiger charge is -2.17. The molecule has 120 valence electrons. The Morgan fingerprint density at radius 2 is 1.58 bits per heavy atom. The molecule has 3 heteroatoms. The summed E-state index contributed by atoms with van der Waals surface area (Å²) in [4.78, 5) is 8.76. The van der Waals surface area contributed by atoms with Gasteiger partial charge in [-0.2, -0.15) is 0 Å². The molecule has 4 rings (SSSR count). The van der Waals surface area contributed by atoms with Crippen molar-refractivity contribution in [1.29, 1.82) is 0 Å². The summed E-state index contributed by atoms with van der Waals surface area (Å²) in [6, 6.07) is 15.1. The lowest BCUT2D eigenvalue weighted by molar-refractivity contribution is 0.435. The highest BCUT2D eigenvalue weighted by Gasteiger charge is 2.22. The number of ether oxygens (including phenoxy) is 1. The van der Waals surface area contributed by atoms with E-state index in [2.05, 4.69) is 61.1 Å². The standard InChI is InChI=1S/C21H20N2O/c1-21(2,3)15-12-22-20(23-13-15)24-19-10-6-9-17-16-8-5-4-7-14(16)11-18(17)19/h4-10,12-13H,11H2,1-3H3. The average molecular weight is 316 g/mol. The lowest BCUT2D eigenvalue weighted by atomic mass is 9.89. The number of hydrogen-bond donors (Lipinski definition) is 0. The first-order chi connectivity index (χ1) is 11.5. The van der Waals surface area contributed by atoms with Gasteiger partial charge in [0.05, 0.1) is 0 Å². The molecular weight excluding hydrogens is 296 g/mol. The Labute approximate surface area is 142 Å². The molecule has 1 aromatic heterocycles. The smallest absolute Gasteiger partial charge is 0.321 e. The summed E-state index contributed by atoms with van der Waals surface area (Å²) in [6.07, 6.45) is 4.59. The molecule has 0 amide bonds. The van der Waals surface area contributed by atoms with Gasteiger partial charge in [-0.15, -0.1) is 0 Å². The van der Waals surface area contributed by atoms with Gasteiger partial charge in [0, 0.05) is 24.4 Å². The molecule has 3 nitrogen and oxygen atoms in total. The van der Waals surface area contributed by atoms with Gasteiger partial charge in [0.2, 0.25) is 0 Å². The molecule has 0 saturated carbocycles. The Hall–Kier alpha value is -2.68. The second-order valence-electron chi connectivity index (χ2n) is 7.22. The second-order valence-corrected chi connectivity index (χ2v) is 7.22. The fourth-order valence-corrected chi connectivity index (χ4v) is 3.08. The van der Waals surface area contributed by atoms with Gasteiger partial charge in [-0.05, 0) is 33.7 Å². The Morgan fingerprint density at radius 1 is 0.875 bits per heavy atom. The zero-order valence-corrected chi connectivity index (χ0v) is 14.2. The molecule has 0 bridgehead atoms. The van der Waals surface area contributed by atoms with Gasteiger partial charge in [0.1, 0.15) is 5.75 Å². The van der Waals surface area contributed by atoms with Crippen molar-refractivity contribution in [2.45, 2.75) is 32.6 Å². The molecule has 1 aliphatic carbocycles. The van der Waals surface area contributed by atoms with E-state index in [9.17, 15) is 0 Å². The monoisotopic (exact) mass is 316 g/mol. The maximum Gasteiger partial charge on any atom is 0.321 e. The molecule has 3 aromatic rings. The van der Waals surface area contributed by atoms with Crippen LogP contribution in [-0.4, -0.2) is 9.97 Å². The van der Waals surface area contributed by atoms with Crippen molar-refractivity contribution in [3.05, 3.63) is 71.5 Å². The summed E-state index contributed by atoms with van der Waals surface area (Å²) in [7, 11) is 0. The Kier molecular flexibility index (Phi) is 3.38. The molecule has 0 saturated heterocycles. The maximum absolute atomic E-state index is 6.00. The SMILES string of the molecule is CC(C)(C)c1cnc(Oc2cccc3c2Cc2ccccc2-3)nc1. The maximum atomic E-state index is 6.00. The van der Waals surface area contributed by atoms with Crippen LogP contribution in [0.4, 0.5) is 0 Å². The van der Waals surface area contributed by atoms with E-state index in [1.807, 2.05) is 24.5 Å². The second kappa shape index (κ2) is 5.45. The van der Waals surface area contributed by atoms with Crippen LogP contribution in [0.2, 0.25) is 0 Å². The van der Waals surface area contributed by atoms with Crippen LogP contribution in [-0.2, 0) is 11.8 Å². The summed E-state index contributed by atoms with van der Waals surface area (Å²) >= 11 is 0. The summed E-state index contributed by atoms with van der Waals surface area (Å²) in [5.74, 6) is 0.840. The van der Waals surface area contributed by atoms with E-state index in [0.717, 1.165) is 17.7 Å². The molecule has 0 radical (unpaired) electrons. The first-order valence-corrected chi connectivity index (χ1v) is 8.23. The van der Waals surface area contributed by atoms with Gasteiger partial charge in [-0.3, -0.25) is 0 Å². The zero-order chi connectivity index (χ0) is 16.7. The summed E-state index contributed by atoms with van der Waals surface area (Å²) in [5.41, 5.74) is 6.22. The highest BCUT2D eigenvalue weighted by Crippen LogP contribution is 2.41. The van der Waals surface area contributed by atoms with E-state index in [0.29, 0.717) is 6.01 Å². The van der Waals surface area contributed by atoms with Crippen LogP contribution in [0.3, 0.4) is 0 Å². The summed E-state index contributed by atoms with van der Waals surface area (Å²) < 4.78 is 6.00. The van der Waals surface area contributed by atoms with Crippen LogP contribution in [0.5, 0.6) is 11.8 Å². The first kappa shape index (κ1) is 14.9. The fourth-order valence-electron chi connectivity index (χ4n) is 3.08.